The highest BCUT2D eigenvalue weighted by Crippen LogP contribution is 2.65. The molecule has 27 heavy (non-hydrogen) atoms. The molecule has 0 radical (unpaired) electrons. The Balaban J connectivity index is 1.48. The molecule has 0 N–H and O–H groups in total. The molecule has 0 unspecified atom stereocenters. The summed E-state index contributed by atoms with van der Waals surface area (Å²) in [4.78, 5) is 12.6. The Morgan fingerprint density at radius 3 is 2.63 bits per heavy atom. The lowest BCUT2D eigenvalue weighted by Crippen LogP contribution is -2.54. The third-order valence-corrected chi connectivity index (χ3v) is 11.7. The highest BCUT2D eigenvalue weighted by Gasteiger charge is 2.60. The number of Topliss-reactive ketones (excluding diaryl/α,β-unsaturated/α-hetero) is 1. The maximum absolute atomic E-state index is 12.6. The Kier molecular flexibility index (Phi) is 5.03. The molecule has 152 valence electrons. The van der Waals surface area contributed by atoms with Crippen molar-refractivity contribution in [3.8, 4) is 0 Å². The van der Waals surface area contributed by atoms with Crippen molar-refractivity contribution in [3.05, 3.63) is 12.7 Å². The van der Waals surface area contributed by atoms with Crippen molar-refractivity contribution in [1.82, 2.24) is 0 Å². The van der Waals surface area contributed by atoms with E-state index < -0.39 is 8.32 Å². The number of rotatable bonds is 4. The average Bonchev–Trinajstić information content (AvgIpc) is 2.90. The summed E-state index contributed by atoms with van der Waals surface area (Å²) in [6.07, 6.45) is 13.6. The van der Waals surface area contributed by atoms with E-state index in [1.165, 1.54) is 44.9 Å². The van der Waals surface area contributed by atoms with E-state index in [1.807, 2.05) is 6.08 Å². The quantitative estimate of drug-likeness (QED) is 0.413. The van der Waals surface area contributed by atoms with Crippen LogP contribution in [0.15, 0.2) is 12.7 Å². The van der Waals surface area contributed by atoms with Crippen LogP contribution in [0.4, 0.5) is 0 Å². The lowest BCUT2D eigenvalue weighted by molar-refractivity contribution is -0.141. The van der Waals surface area contributed by atoms with Gasteiger partial charge in [-0.1, -0.05) is 19.9 Å². The van der Waals surface area contributed by atoms with Crippen LogP contribution in [-0.2, 0) is 9.22 Å². The minimum Gasteiger partial charge on any atom is -0.414 e. The van der Waals surface area contributed by atoms with Crippen LogP contribution in [0, 0.1) is 34.5 Å². The van der Waals surface area contributed by atoms with E-state index in [1.54, 1.807) is 0 Å². The number of carbonyl (C=O) groups is 1. The first-order valence-electron chi connectivity index (χ1n) is 11.5. The molecule has 0 heterocycles. The fourth-order valence-electron chi connectivity index (χ4n) is 7.94. The van der Waals surface area contributed by atoms with Gasteiger partial charge in [-0.2, -0.15) is 0 Å². The Labute approximate surface area is 167 Å². The van der Waals surface area contributed by atoms with E-state index in [4.69, 9.17) is 4.43 Å². The first-order chi connectivity index (χ1) is 12.7. The lowest BCUT2D eigenvalue weighted by atomic mass is 9.45. The van der Waals surface area contributed by atoms with Crippen molar-refractivity contribution >= 4 is 14.1 Å². The fourth-order valence-corrected chi connectivity index (χ4v) is 9.85. The molecular formula is C24H40O2Si. The van der Waals surface area contributed by atoms with Gasteiger partial charge in [0.05, 0.1) is 0 Å². The molecule has 4 aliphatic carbocycles. The van der Waals surface area contributed by atoms with E-state index in [9.17, 15) is 4.79 Å². The largest absolute Gasteiger partial charge is 0.414 e. The van der Waals surface area contributed by atoms with Crippen molar-refractivity contribution < 1.29 is 9.22 Å². The normalized spacial score (nSPS) is 47.1. The minimum atomic E-state index is -1.60. The van der Waals surface area contributed by atoms with Crippen molar-refractivity contribution in [3.63, 3.8) is 0 Å². The van der Waals surface area contributed by atoms with Crippen LogP contribution in [0.2, 0.25) is 19.1 Å². The summed E-state index contributed by atoms with van der Waals surface area (Å²) in [5, 5.41) is 0. The summed E-state index contributed by atoms with van der Waals surface area (Å²) in [7, 11) is -1.60. The first kappa shape index (κ1) is 19.9. The SMILES string of the molecule is C=CC[Si](C)(C)O[C@H]1CC[C@@]2(C)[C@@H](CC[C@@H]3[C@@H]2CC[C@]2(C)C(=O)CC[C@@H]32)C1. The molecule has 7 atom stereocenters. The second-order valence-electron chi connectivity index (χ2n) is 11.3. The van der Waals surface area contributed by atoms with Gasteiger partial charge in [0, 0.05) is 17.9 Å². The number of fused-ring (bicyclic) bond motifs is 5. The van der Waals surface area contributed by atoms with Crippen LogP contribution in [0.1, 0.15) is 71.6 Å². The predicted octanol–water partition coefficient (Wildman–Crippen LogP) is 6.37. The van der Waals surface area contributed by atoms with Gasteiger partial charge in [-0.25, -0.2) is 0 Å². The van der Waals surface area contributed by atoms with Crippen molar-refractivity contribution in [2.45, 2.75) is 96.9 Å². The van der Waals surface area contributed by atoms with Gasteiger partial charge in [-0.05, 0) is 99.6 Å². The molecule has 0 aromatic heterocycles. The highest BCUT2D eigenvalue weighted by molar-refractivity contribution is 6.71. The maximum Gasteiger partial charge on any atom is 0.190 e. The predicted molar refractivity (Wildman–Crippen MR) is 114 cm³/mol. The van der Waals surface area contributed by atoms with Crippen LogP contribution < -0.4 is 0 Å². The monoisotopic (exact) mass is 388 g/mol. The van der Waals surface area contributed by atoms with E-state index in [2.05, 4.69) is 33.5 Å². The molecule has 0 aromatic carbocycles. The van der Waals surface area contributed by atoms with Crippen LogP contribution in [0.25, 0.3) is 0 Å². The summed E-state index contributed by atoms with van der Waals surface area (Å²) in [5.41, 5.74) is 0.505. The first-order valence-corrected chi connectivity index (χ1v) is 14.6. The Bertz CT molecular complexity index is 614. The maximum atomic E-state index is 12.6. The summed E-state index contributed by atoms with van der Waals surface area (Å²) >= 11 is 0. The summed E-state index contributed by atoms with van der Waals surface area (Å²) < 4.78 is 6.67. The third kappa shape index (κ3) is 3.21. The number of ketones is 1. The van der Waals surface area contributed by atoms with E-state index in [-0.39, 0.29) is 5.41 Å². The third-order valence-electron chi connectivity index (χ3n) is 9.45. The van der Waals surface area contributed by atoms with Crippen molar-refractivity contribution in [2.24, 2.45) is 34.5 Å². The van der Waals surface area contributed by atoms with E-state index in [0.717, 1.165) is 36.6 Å². The Hall–Kier alpha value is -0.413. The van der Waals surface area contributed by atoms with E-state index >= 15 is 0 Å². The van der Waals surface area contributed by atoms with Gasteiger partial charge in [-0.3, -0.25) is 4.79 Å². The molecule has 0 bridgehead atoms. The molecule has 0 aliphatic heterocycles. The molecule has 2 nitrogen and oxygen atoms in total. The highest BCUT2D eigenvalue weighted by atomic mass is 28.4. The summed E-state index contributed by atoms with van der Waals surface area (Å²) in [6, 6.07) is 1.06. The Morgan fingerprint density at radius 1 is 1.11 bits per heavy atom. The van der Waals surface area contributed by atoms with Crippen LogP contribution in [-0.4, -0.2) is 20.2 Å². The van der Waals surface area contributed by atoms with Gasteiger partial charge in [0.15, 0.2) is 8.32 Å². The molecule has 4 saturated carbocycles. The molecule has 0 amide bonds. The summed E-state index contributed by atoms with van der Waals surface area (Å²) in [6.45, 7) is 13.5. The van der Waals surface area contributed by atoms with Gasteiger partial charge in [0.1, 0.15) is 5.78 Å². The molecule has 4 aliphatic rings. The van der Waals surface area contributed by atoms with Gasteiger partial charge < -0.3 is 4.43 Å². The standard InChI is InChI=1S/C24H40O2Si/c1-6-15-27(4,5)26-18-11-13-23(2)17(16-18)7-8-19-20-9-10-22(25)24(20,3)14-12-21(19)23/h6,17-21H,1,7-16H2,2-5H3/t17-,18-,19-,20-,21-,23-,24-/m0/s1. The molecule has 0 aromatic rings. The zero-order valence-electron chi connectivity index (χ0n) is 18.1. The van der Waals surface area contributed by atoms with Gasteiger partial charge in [0.25, 0.3) is 0 Å². The molecular weight excluding hydrogens is 348 g/mol. The molecule has 4 rings (SSSR count). The van der Waals surface area contributed by atoms with Crippen LogP contribution in [0.5, 0.6) is 0 Å². The smallest absolute Gasteiger partial charge is 0.190 e. The van der Waals surface area contributed by atoms with Gasteiger partial charge in [-0.15, -0.1) is 6.58 Å². The van der Waals surface area contributed by atoms with Gasteiger partial charge >= 0.3 is 0 Å². The molecule has 0 spiro atoms. The fraction of sp³-hybridized carbons (Fsp3) is 0.875. The number of carbonyl (C=O) groups excluding carboxylic acids is 1. The summed E-state index contributed by atoms with van der Waals surface area (Å²) in [5.74, 6) is 3.73. The number of hydrogen-bond acceptors (Lipinski definition) is 2. The number of hydrogen-bond donors (Lipinski definition) is 0. The molecule has 4 fully saturated rings. The van der Waals surface area contributed by atoms with Crippen molar-refractivity contribution in [1.29, 1.82) is 0 Å². The van der Waals surface area contributed by atoms with E-state index in [0.29, 0.717) is 23.2 Å². The molecule has 0 saturated heterocycles. The zero-order chi connectivity index (χ0) is 19.4. The molecule has 3 heteroatoms. The number of allylic oxidation sites excluding steroid dienone is 1. The van der Waals surface area contributed by atoms with Crippen LogP contribution >= 0.6 is 0 Å². The second-order valence-corrected chi connectivity index (χ2v) is 15.5. The van der Waals surface area contributed by atoms with Gasteiger partial charge in [0.2, 0.25) is 0 Å². The lowest BCUT2D eigenvalue weighted by Gasteiger charge is -2.60. The minimum absolute atomic E-state index is 0.0188. The average molecular weight is 389 g/mol. The van der Waals surface area contributed by atoms with Crippen LogP contribution in [0.3, 0.4) is 0 Å². The van der Waals surface area contributed by atoms with Crippen molar-refractivity contribution in [2.75, 3.05) is 0 Å². The second kappa shape index (κ2) is 6.83. The Morgan fingerprint density at radius 2 is 1.89 bits per heavy atom. The zero-order valence-corrected chi connectivity index (χ0v) is 19.1. The topological polar surface area (TPSA) is 26.3 Å².